The molecule has 0 bridgehead atoms. The van der Waals surface area contributed by atoms with E-state index >= 15 is 0 Å². The Morgan fingerprint density at radius 2 is 1.00 bits per heavy atom. The van der Waals surface area contributed by atoms with E-state index in [0.717, 1.165) is 0 Å². The number of ether oxygens (including phenoxy) is 2. The molecule has 0 saturated heterocycles. The van der Waals surface area contributed by atoms with E-state index in [9.17, 15) is 19.8 Å². The monoisotopic (exact) mass is 348 g/mol. The Hall–Kier alpha value is -1.54. The van der Waals surface area contributed by atoms with E-state index in [1.54, 1.807) is 41.5 Å². The first kappa shape index (κ1) is 22.5. The lowest BCUT2D eigenvalue weighted by Crippen LogP contribution is -2.54. The molecule has 24 heavy (non-hydrogen) atoms. The topological polar surface area (TPSA) is 117 Å². The zero-order chi connectivity index (χ0) is 19.3. The second kappa shape index (κ2) is 8.53. The highest BCUT2D eigenvalue weighted by molar-refractivity contribution is 5.68. The molecule has 0 aromatic heterocycles. The molecule has 0 radical (unpaired) electrons. The second-order valence-corrected chi connectivity index (χ2v) is 7.85. The minimum Gasteiger partial charge on any atom is -0.444 e. The van der Waals surface area contributed by atoms with Crippen LogP contribution in [0.2, 0.25) is 0 Å². The highest BCUT2D eigenvalue weighted by atomic mass is 16.6. The maximum atomic E-state index is 11.7. The average molecular weight is 348 g/mol. The van der Waals surface area contributed by atoms with E-state index in [-0.39, 0.29) is 0 Å². The second-order valence-electron chi connectivity index (χ2n) is 7.85. The van der Waals surface area contributed by atoms with Gasteiger partial charge in [-0.3, -0.25) is 0 Å². The molecule has 4 unspecified atom stereocenters. The van der Waals surface area contributed by atoms with Crippen molar-refractivity contribution < 1.29 is 29.3 Å². The predicted octanol–water partition coefficient (Wildman–Crippen LogP) is 1.53. The molecule has 0 rings (SSSR count). The van der Waals surface area contributed by atoms with E-state index < -0.39 is 47.7 Å². The largest absolute Gasteiger partial charge is 0.444 e. The number of alkyl carbamates (subject to hydrolysis) is 2. The first-order valence-corrected chi connectivity index (χ1v) is 7.97. The Balaban J connectivity index is 4.54. The van der Waals surface area contributed by atoms with Crippen LogP contribution in [-0.4, -0.2) is 57.9 Å². The van der Waals surface area contributed by atoms with Crippen molar-refractivity contribution in [1.82, 2.24) is 10.6 Å². The van der Waals surface area contributed by atoms with Crippen LogP contribution in [0.5, 0.6) is 0 Å². The van der Waals surface area contributed by atoms with Crippen molar-refractivity contribution in [3.63, 3.8) is 0 Å². The molecular formula is C16H32N2O6. The van der Waals surface area contributed by atoms with Crippen LogP contribution < -0.4 is 10.6 Å². The molecule has 0 aliphatic carbocycles. The van der Waals surface area contributed by atoms with Crippen molar-refractivity contribution in [2.24, 2.45) is 0 Å². The normalized spacial score (nSPS) is 17.2. The number of aliphatic hydroxyl groups excluding tert-OH is 2. The zero-order valence-electron chi connectivity index (χ0n) is 15.8. The number of hydrogen-bond donors (Lipinski definition) is 4. The van der Waals surface area contributed by atoms with Gasteiger partial charge in [0.1, 0.15) is 23.4 Å². The molecule has 0 spiro atoms. The van der Waals surface area contributed by atoms with E-state index in [1.807, 2.05) is 0 Å². The van der Waals surface area contributed by atoms with Crippen molar-refractivity contribution in [3.8, 4) is 0 Å². The fourth-order valence-corrected chi connectivity index (χ4v) is 1.75. The van der Waals surface area contributed by atoms with Crippen molar-refractivity contribution in [3.05, 3.63) is 0 Å². The number of amides is 2. The Morgan fingerprint density at radius 3 is 1.21 bits per heavy atom. The highest BCUT2D eigenvalue weighted by Gasteiger charge is 2.31. The van der Waals surface area contributed by atoms with Crippen LogP contribution >= 0.6 is 0 Å². The van der Waals surface area contributed by atoms with Crippen LogP contribution in [0.3, 0.4) is 0 Å². The Labute approximate surface area is 143 Å². The third-order valence-corrected chi connectivity index (χ3v) is 2.86. The lowest BCUT2D eigenvalue weighted by Gasteiger charge is -2.30. The standard InChI is InChI=1S/C16H32N2O6/c1-9(17-13(21)23-15(3,4)5)11(19)12(20)10(2)18-14(22)24-16(6,7)8/h9-12,19-20H,1-8H3,(H,17,21)(H,18,22). The number of rotatable bonds is 5. The zero-order valence-corrected chi connectivity index (χ0v) is 15.8. The van der Waals surface area contributed by atoms with Gasteiger partial charge in [0.2, 0.25) is 0 Å². The van der Waals surface area contributed by atoms with Gasteiger partial charge >= 0.3 is 12.2 Å². The van der Waals surface area contributed by atoms with Crippen molar-refractivity contribution in [1.29, 1.82) is 0 Å². The van der Waals surface area contributed by atoms with Gasteiger partial charge in [0.05, 0.1) is 12.1 Å². The van der Waals surface area contributed by atoms with Gasteiger partial charge in [-0.15, -0.1) is 0 Å². The summed E-state index contributed by atoms with van der Waals surface area (Å²) >= 11 is 0. The van der Waals surface area contributed by atoms with Crippen molar-refractivity contribution >= 4 is 12.2 Å². The van der Waals surface area contributed by atoms with Crippen LogP contribution in [-0.2, 0) is 9.47 Å². The minimum absolute atomic E-state index is 0.668. The van der Waals surface area contributed by atoms with Gasteiger partial charge < -0.3 is 30.3 Å². The van der Waals surface area contributed by atoms with Crippen molar-refractivity contribution in [2.75, 3.05) is 0 Å². The lowest BCUT2D eigenvalue weighted by molar-refractivity contribution is -0.0232. The number of carbonyl (C=O) groups is 2. The van der Waals surface area contributed by atoms with Gasteiger partial charge in [0.25, 0.3) is 0 Å². The number of nitrogens with one attached hydrogen (secondary N) is 2. The van der Waals surface area contributed by atoms with Crippen LogP contribution in [0.25, 0.3) is 0 Å². The molecule has 0 aliphatic rings. The summed E-state index contributed by atoms with van der Waals surface area (Å²) in [4.78, 5) is 23.4. The van der Waals surface area contributed by atoms with Crippen molar-refractivity contribution in [2.45, 2.75) is 90.9 Å². The summed E-state index contributed by atoms with van der Waals surface area (Å²) in [5.74, 6) is 0. The molecule has 0 heterocycles. The Bertz CT molecular complexity index is 387. The SMILES string of the molecule is CC(NC(=O)OC(C)(C)C)C(O)C(O)C(C)NC(=O)OC(C)(C)C. The summed E-state index contributed by atoms with van der Waals surface area (Å²) < 4.78 is 10.2. The number of hydrogen-bond acceptors (Lipinski definition) is 6. The van der Waals surface area contributed by atoms with Gasteiger partial charge in [0.15, 0.2) is 0 Å². The third kappa shape index (κ3) is 9.57. The lowest BCUT2D eigenvalue weighted by atomic mass is 10.0. The fourth-order valence-electron chi connectivity index (χ4n) is 1.75. The summed E-state index contributed by atoms with van der Waals surface area (Å²) in [6.07, 6.45) is -4.01. The molecule has 142 valence electrons. The molecule has 2 amide bonds. The minimum atomic E-state index is -1.30. The van der Waals surface area contributed by atoms with E-state index in [2.05, 4.69) is 10.6 Å². The fraction of sp³-hybridized carbons (Fsp3) is 0.875. The highest BCUT2D eigenvalue weighted by Crippen LogP contribution is 2.10. The maximum absolute atomic E-state index is 11.7. The van der Waals surface area contributed by atoms with Gasteiger partial charge in [0, 0.05) is 0 Å². The summed E-state index contributed by atoms with van der Waals surface area (Å²) in [6.45, 7) is 13.4. The van der Waals surface area contributed by atoms with Gasteiger partial charge in [-0.1, -0.05) is 0 Å². The van der Waals surface area contributed by atoms with E-state index in [4.69, 9.17) is 9.47 Å². The smallest absolute Gasteiger partial charge is 0.407 e. The third-order valence-electron chi connectivity index (χ3n) is 2.86. The Morgan fingerprint density at radius 1 is 0.750 bits per heavy atom. The molecule has 0 fully saturated rings. The maximum Gasteiger partial charge on any atom is 0.407 e. The molecule has 0 aliphatic heterocycles. The van der Waals surface area contributed by atoms with Gasteiger partial charge in [-0.05, 0) is 55.4 Å². The van der Waals surface area contributed by atoms with Gasteiger partial charge in [-0.2, -0.15) is 0 Å². The molecule has 4 N–H and O–H groups in total. The van der Waals surface area contributed by atoms with Gasteiger partial charge in [-0.25, -0.2) is 9.59 Å². The summed E-state index contributed by atoms with van der Waals surface area (Å²) in [5, 5.41) is 25.2. The predicted molar refractivity (Wildman–Crippen MR) is 89.7 cm³/mol. The number of carbonyl (C=O) groups excluding carboxylic acids is 2. The summed E-state index contributed by atoms with van der Waals surface area (Å²) in [6, 6.07) is -1.56. The summed E-state index contributed by atoms with van der Waals surface area (Å²) in [5.41, 5.74) is -1.34. The van der Waals surface area contributed by atoms with E-state index in [0.29, 0.717) is 0 Å². The van der Waals surface area contributed by atoms with E-state index in [1.165, 1.54) is 13.8 Å². The molecule has 4 atom stereocenters. The first-order chi connectivity index (χ1) is 10.6. The van der Waals surface area contributed by atoms with Crippen LogP contribution in [0.15, 0.2) is 0 Å². The van der Waals surface area contributed by atoms with Crippen LogP contribution in [0.1, 0.15) is 55.4 Å². The van der Waals surface area contributed by atoms with Crippen LogP contribution in [0.4, 0.5) is 9.59 Å². The van der Waals surface area contributed by atoms with Crippen LogP contribution in [0, 0.1) is 0 Å². The molecule has 0 aromatic rings. The molecular weight excluding hydrogens is 316 g/mol. The Kier molecular flexibility index (Phi) is 7.98. The first-order valence-electron chi connectivity index (χ1n) is 7.97. The molecule has 8 nitrogen and oxygen atoms in total. The summed E-state index contributed by atoms with van der Waals surface area (Å²) in [7, 11) is 0. The average Bonchev–Trinajstić information content (AvgIpc) is 2.31. The molecule has 0 aromatic carbocycles. The molecule has 0 saturated carbocycles. The molecule has 8 heteroatoms. The quantitative estimate of drug-likeness (QED) is 0.599. The number of aliphatic hydroxyl groups is 2.